The standard InChI is InChI=1S/C22H18Cl2N4OS/c1-28-21(18-4-2-3-11-26-18)27-19(13-5-10-16(20(25)29)17(24)12-13)22(28)30-15-8-6-14(23)7-9-15/h2-3,5-12,18H,4H2,1H3,(H2,25,29). The molecular weight excluding hydrogens is 439 g/mol. The predicted octanol–water partition coefficient (Wildman–Crippen LogP) is 5.72. The number of aliphatic imine (C=N–C) groups is 1. The maximum Gasteiger partial charge on any atom is 0.250 e. The number of primary amides is 1. The van der Waals surface area contributed by atoms with E-state index in [0.717, 1.165) is 33.4 Å². The van der Waals surface area contributed by atoms with Crippen LogP contribution in [0.25, 0.3) is 11.3 Å². The van der Waals surface area contributed by atoms with Crippen LogP contribution in [0.1, 0.15) is 28.6 Å². The topological polar surface area (TPSA) is 73.3 Å². The molecule has 152 valence electrons. The highest BCUT2D eigenvalue weighted by atomic mass is 35.5. The van der Waals surface area contributed by atoms with Gasteiger partial charge in [-0.1, -0.05) is 47.1 Å². The van der Waals surface area contributed by atoms with Gasteiger partial charge in [0.05, 0.1) is 10.6 Å². The third kappa shape index (κ3) is 4.17. The quantitative estimate of drug-likeness (QED) is 0.533. The van der Waals surface area contributed by atoms with E-state index in [9.17, 15) is 4.79 Å². The number of halogens is 2. The summed E-state index contributed by atoms with van der Waals surface area (Å²) >= 11 is 13.9. The summed E-state index contributed by atoms with van der Waals surface area (Å²) < 4.78 is 2.06. The molecule has 1 aliphatic heterocycles. The highest BCUT2D eigenvalue weighted by molar-refractivity contribution is 7.99. The number of imidazole rings is 1. The molecule has 1 unspecified atom stereocenters. The molecule has 0 saturated heterocycles. The van der Waals surface area contributed by atoms with E-state index in [-0.39, 0.29) is 11.6 Å². The minimum Gasteiger partial charge on any atom is -0.366 e. The number of benzene rings is 2. The Morgan fingerprint density at radius 3 is 2.60 bits per heavy atom. The number of amides is 1. The van der Waals surface area contributed by atoms with Crippen molar-refractivity contribution in [3.63, 3.8) is 0 Å². The lowest BCUT2D eigenvalue weighted by Crippen LogP contribution is -2.11. The molecule has 2 N–H and O–H groups in total. The number of hydrogen-bond acceptors (Lipinski definition) is 4. The van der Waals surface area contributed by atoms with Crippen molar-refractivity contribution in [2.45, 2.75) is 22.4 Å². The number of allylic oxidation sites excluding steroid dienone is 1. The Balaban J connectivity index is 1.82. The van der Waals surface area contributed by atoms with E-state index in [4.69, 9.17) is 33.9 Å². The summed E-state index contributed by atoms with van der Waals surface area (Å²) in [5.41, 5.74) is 7.25. The maximum atomic E-state index is 11.6. The first-order valence-electron chi connectivity index (χ1n) is 9.22. The van der Waals surface area contributed by atoms with Crippen LogP contribution in [0.5, 0.6) is 0 Å². The highest BCUT2D eigenvalue weighted by Gasteiger charge is 2.23. The molecule has 0 radical (unpaired) electrons. The summed E-state index contributed by atoms with van der Waals surface area (Å²) in [7, 11) is 1.98. The average Bonchev–Trinajstić information content (AvgIpc) is 3.06. The Labute approximate surface area is 188 Å². The van der Waals surface area contributed by atoms with Gasteiger partial charge in [-0.15, -0.1) is 0 Å². The number of nitrogens with zero attached hydrogens (tertiary/aromatic N) is 3. The highest BCUT2D eigenvalue weighted by Crippen LogP contribution is 2.39. The first kappa shape index (κ1) is 20.7. The number of nitrogens with two attached hydrogens (primary N) is 1. The zero-order valence-electron chi connectivity index (χ0n) is 16.0. The molecular formula is C22H18Cl2N4OS. The fraction of sp³-hybridized carbons (Fsp3) is 0.136. The molecule has 1 atom stereocenters. The fourth-order valence-corrected chi connectivity index (χ4v) is 4.62. The molecule has 0 aliphatic carbocycles. The van der Waals surface area contributed by atoms with Crippen LogP contribution in [0.15, 0.2) is 69.5 Å². The molecule has 1 aromatic heterocycles. The van der Waals surface area contributed by atoms with Gasteiger partial charge in [-0.05, 0) is 48.9 Å². The fourth-order valence-electron chi connectivity index (χ4n) is 3.23. The smallest absolute Gasteiger partial charge is 0.250 e. The summed E-state index contributed by atoms with van der Waals surface area (Å²) in [6.07, 6.45) is 6.60. The second-order valence-corrected chi connectivity index (χ2v) is 8.68. The number of rotatable bonds is 5. The summed E-state index contributed by atoms with van der Waals surface area (Å²) in [6, 6.07) is 12.8. The predicted molar refractivity (Wildman–Crippen MR) is 123 cm³/mol. The van der Waals surface area contributed by atoms with Gasteiger partial charge < -0.3 is 10.3 Å². The molecule has 1 amide bonds. The van der Waals surface area contributed by atoms with Crippen LogP contribution in [-0.2, 0) is 7.05 Å². The first-order chi connectivity index (χ1) is 14.4. The molecule has 1 aliphatic rings. The van der Waals surface area contributed by atoms with Gasteiger partial charge in [0.25, 0.3) is 0 Å². The van der Waals surface area contributed by atoms with Gasteiger partial charge in [0.2, 0.25) is 5.91 Å². The molecule has 0 bridgehead atoms. The van der Waals surface area contributed by atoms with Crippen LogP contribution in [0.4, 0.5) is 0 Å². The SMILES string of the molecule is Cn1c(C2CC=CC=N2)nc(-c2ccc(C(N)=O)c(Cl)c2)c1Sc1ccc(Cl)cc1. The third-order valence-electron chi connectivity index (χ3n) is 4.76. The largest absolute Gasteiger partial charge is 0.366 e. The first-order valence-corrected chi connectivity index (χ1v) is 10.8. The second-order valence-electron chi connectivity index (χ2n) is 6.78. The number of aromatic nitrogens is 2. The summed E-state index contributed by atoms with van der Waals surface area (Å²) in [4.78, 5) is 22.1. The van der Waals surface area contributed by atoms with Crippen LogP contribution in [-0.4, -0.2) is 21.7 Å². The van der Waals surface area contributed by atoms with Crippen LogP contribution in [0, 0.1) is 0 Å². The molecule has 0 fully saturated rings. The van der Waals surface area contributed by atoms with Crippen molar-refractivity contribution in [2.75, 3.05) is 0 Å². The Bertz CT molecular complexity index is 1170. The summed E-state index contributed by atoms with van der Waals surface area (Å²) in [6.45, 7) is 0. The van der Waals surface area contributed by atoms with Gasteiger partial charge in [-0.25, -0.2) is 4.98 Å². The molecule has 4 rings (SSSR count). The van der Waals surface area contributed by atoms with Crippen LogP contribution < -0.4 is 5.73 Å². The summed E-state index contributed by atoms with van der Waals surface area (Å²) in [5.74, 6) is 0.296. The van der Waals surface area contributed by atoms with Gasteiger partial charge in [-0.2, -0.15) is 0 Å². The van der Waals surface area contributed by atoms with Crippen molar-refractivity contribution in [1.82, 2.24) is 9.55 Å². The van der Waals surface area contributed by atoms with Crippen molar-refractivity contribution < 1.29 is 4.79 Å². The zero-order chi connectivity index (χ0) is 21.3. The van der Waals surface area contributed by atoms with Gasteiger partial charge in [-0.3, -0.25) is 9.79 Å². The molecule has 30 heavy (non-hydrogen) atoms. The second kappa shape index (κ2) is 8.68. The number of carbonyl (C=O) groups is 1. The van der Waals surface area contributed by atoms with Gasteiger partial charge in [0.1, 0.15) is 22.6 Å². The average molecular weight is 457 g/mol. The van der Waals surface area contributed by atoms with E-state index < -0.39 is 5.91 Å². The van der Waals surface area contributed by atoms with Gasteiger partial charge >= 0.3 is 0 Å². The summed E-state index contributed by atoms with van der Waals surface area (Å²) in [5, 5.41) is 1.93. The monoisotopic (exact) mass is 456 g/mol. The van der Waals surface area contributed by atoms with Crippen molar-refractivity contribution in [3.05, 3.63) is 76.0 Å². The minimum atomic E-state index is -0.563. The Hall–Kier alpha value is -2.54. The van der Waals surface area contributed by atoms with E-state index in [1.165, 1.54) is 0 Å². The minimum absolute atomic E-state index is 0.0568. The lowest BCUT2D eigenvalue weighted by atomic mass is 10.1. The Morgan fingerprint density at radius 1 is 1.20 bits per heavy atom. The van der Waals surface area contributed by atoms with Crippen LogP contribution in [0.3, 0.4) is 0 Å². The zero-order valence-corrected chi connectivity index (χ0v) is 18.4. The molecule has 8 heteroatoms. The number of hydrogen-bond donors (Lipinski definition) is 1. The van der Waals surface area contributed by atoms with E-state index in [2.05, 4.69) is 15.6 Å². The molecule has 2 aromatic carbocycles. The molecule has 2 heterocycles. The van der Waals surface area contributed by atoms with Gasteiger partial charge in [0.15, 0.2) is 0 Å². The van der Waals surface area contributed by atoms with Crippen molar-refractivity contribution in [2.24, 2.45) is 17.8 Å². The Morgan fingerprint density at radius 2 is 1.97 bits per heavy atom. The van der Waals surface area contributed by atoms with Crippen molar-refractivity contribution in [3.8, 4) is 11.3 Å². The normalized spacial score (nSPS) is 15.5. The molecule has 5 nitrogen and oxygen atoms in total. The van der Waals surface area contributed by atoms with Crippen LogP contribution >= 0.6 is 35.0 Å². The van der Waals surface area contributed by atoms with E-state index >= 15 is 0 Å². The molecule has 3 aromatic rings. The number of carbonyl (C=O) groups excluding carboxylic acids is 1. The van der Waals surface area contributed by atoms with Gasteiger partial charge in [0, 0.05) is 28.7 Å². The molecule has 0 spiro atoms. The van der Waals surface area contributed by atoms with Crippen molar-refractivity contribution in [1.29, 1.82) is 0 Å². The van der Waals surface area contributed by atoms with Crippen molar-refractivity contribution >= 4 is 47.1 Å². The third-order valence-corrected chi connectivity index (χ3v) is 6.49. The molecule has 0 saturated carbocycles. The van der Waals surface area contributed by atoms with E-state index in [1.54, 1.807) is 30.1 Å². The van der Waals surface area contributed by atoms with Crippen LogP contribution in [0.2, 0.25) is 10.0 Å². The maximum absolute atomic E-state index is 11.6. The van der Waals surface area contributed by atoms with E-state index in [0.29, 0.717) is 10.0 Å². The number of dihydropyridines is 1. The Kier molecular flexibility index (Phi) is 5.99. The lowest BCUT2D eigenvalue weighted by molar-refractivity contribution is 0.100. The van der Waals surface area contributed by atoms with E-state index in [1.807, 2.05) is 43.5 Å². The lowest BCUT2D eigenvalue weighted by Gasteiger charge is -2.13.